The molecule has 0 aliphatic carbocycles. The van der Waals surface area contributed by atoms with E-state index in [0.717, 1.165) is 11.8 Å². The van der Waals surface area contributed by atoms with E-state index in [-0.39, 0.29) is 28.3 Å². The van der Waals surface area contributed by atoms with Crippen molar-refractivity contribution in [3.8, 4) is 17.2 Å². The van der Waals surface area contributed by atoms with Crippen molar-refractivity contribution in [3.63, 3.8) is 0 Å². The van der Waals surface area contributed by atoms with E-state index in [0.29, 0.717) is 17.1 Å². The van der Waals surface area contributed by atoms with Gasteiger partial charge in [-0.05, 0) is 18.2 Å². The van der Waals surface area contributed by atoms with Crippen LogP contribution in [-0.2, 0) is 4.79 Å². The average molecular weight is 387 g/mol. The van der Waals surface area contributed by atoms with Crippen LogP contribution >= 0.6 is 11.8 Å². The molecule has 0 fully saturated rings. The number of hydrogen-bond acceptors (Lipinski definition) is 9. The van der Waals surface area contributed by atoms with Gasteiger partial charge in [-0.2, -0.15) is 0 Å². The molecule has 0 aliphatic heterocycles. The summed E-state index contributed by atoms with van der Waals surface area (Å²) in [5, 5.41) is 21.4. The Labute approximate surface area is 157 Å². The normalized spacial score (nSPS) is 10.4. The number of nitro groups is 1. The van der Waals surface area contributed by atoms with Gasteiger partial charge in [-0.3, -0.25) is 19.9 Å². The van der Waals surface area contributed by atoms with E-state index in [4.69, 9.17) is 9.15 Å². The Morgan fingerprint density at radius 1 is 1.37 bits per heavy atom. The molecule has 1 N–H and O–H groups in total. The lowest BCUT2D eigenvalue weighted by Gasteiger charge is -2.09. The van der Waals surface area contributed by atoms with Gasteiger partial charge < -0.3 is 14.5 Å². The van der Waals surface area contributed by atoms with Gasteiger partial charge in [-0.15, -0.1) is 10.2 Å². The van der Waals surface area contributed by atoms with Crippen LogP contribution in [-0.4, -0.2) is 38.9 Å². The molecule has 10 nitrogen and oxygen atoms in total. The zero-order valence-electron chi connectivity index (χ0n) is 14.0. The second-order valence-electron chi connectivity index (χ2n) is 5.09. The van der Waals surface area contributed by atoms with Gasteiger partial charge in [0.25, 0.3) is 10.9 Å². The highest BCUT2D eigenvalue weighted by Gasteiger charge is 2.15. The molecule has 1 amide bonds. The van der Waals surface area contributed by atoms with Crippen molar-refractivity contribution in [1.82, 2.24) is 15.2 Å². The summed E-state index contributed by atoms with van der Waals surface area (Å²) >= 11 is 1.06. The predicted octanol–water partition coefficient (Wildman–Crippen LogP) is 2.78. The Morgan fingerprint density at radius 2 is 2.22 bits per heavy atom. The number of anilines is 1. The molecule has 2 aromatic heterocycles. The molecule has 3 rings (SSSR count). The van der Waals surface area contributed by atoms with E-state index in [9.17, 15) is 14.9 Å². The SMILES string of the molecule is COc1cc([N+](=O)[O-])ccc1NC(=O)CSc1nnc(-c2cccnc2)o1. The monoisotopic (exact) mass is 387 g/mol. The topological polar surface area (TPSA) is 133 Å². The highest BCUT2D eigenvalue weighted by Crippen LogP contribution is 2.29. The van der Waals surface area contributed by atoms with Gasteiger partial charge >= 0.3 is 0 Å². The average Bonchev–Trinajstić information content (AvgIpc) is 3.16. The van der Waals surface area contributed by atoms with Crippen LogP contribution < -0.4 is 10.1 Å². The zero-order valence-corrected chi connectivity index (χ0v) is 14.8. The number of aromatic nitrogens is 3. The summed E-state index contributed by atoms with van der Waals surface area (Å²) in [5.74, 6) is 0.157. The molecular weight excluding hydrogens is 374 g/mol. The van der Waals surface area contributed by atoms with Crippen LogP contribution in [0.1, 0.15) is 0 Å². The Balaban J connectivity index is 1.60. The number of pyridine rings is 1. The molecule has 0 atom stereocenters. The number of rotatable bonds is 7. The highest BCUT2D eigenvalue weighted by atomic mass is 32.2. The van der Waals surface area contributed by atoms with Gasteiger partial charge in [0.2, 0.25) is 11.8 Å². The van der Waals surface area contributed by atoms with Crippen molar-refractivity contribution in [2.75, 3.05) is 18.2 Å². The molecule has 0 saturated heterocycles. The summed E-state index contributed by atoms with van der Waals surface area (Å²) in [7, 11) is 1.36. The lowest BCUT2D eigenvalue weighted by atomic mass is 10.2. The van der Waals surface area contributed by atoms with E-state index in [1.807, 2.05) is 0 Å². The second-order valence-corrected chi connectivity index (χ2v) is 6.02. The second kappa shape index (κ2) is 8.27. The van der Waals surface area contributed by atoms with Gasteiger partial charge in [-0.1, -0.05) is 11.8 Å². The van der Waals surface area contributed by atoms with E-state index >= 15 is 0 Å². The molecule has 0 unspecified atom stereocenters. The summed E-state index contributed by atoms with van der Waals surface area (Å²) in [6.45, 7) is 0. The fourth-order valence-corrected chi connectivity index (χ4v) is 2.65. The molecular formula is C16H13N5O5S. The maximum atomic E-state index is 12.1. The molecule has 0 radical (unpaired) electrons. The summed E-state index contributed by atoms with van der Waals surface area (Å²) in [6, 6.07) is 7.46. The molecule has 0 bridgehead atoms. The van der Waals surface area contributed by atoms with Crippen molar-refractivity contribution in [3.05, 3.63) is 52.8 Å². The number of nitrogens with one attached hydrogen (secondary N) is 1. The van der Waals surface area contributed by atoms with E-state index < -0.39 is 4.92 Å². The van der Waals surface area contributed by atoms with Crippen LogP contribution in [0.25, 0.3) is 11.5 Å². The molecule has 3 aromatic rings. The molecule has 1 aromatic carbocycles. The van der Waals surface area contributed by atoms with Crippen LogP contribution in [0.3, 0.4) is 0 Å². The predicted molar refractivity (Wildman–Crippen MR) is 96.5 cm³/mol. The first-order valence-corrected chi connectivity index (χ1v) is 8.54. The van der Waals surface area contributed by atoms with Gasteiger partial charge in [-0.25, -0.2) is 0 Å². The number of hydrogen-bond donors (Lipinski definition) is 1. The maximum absolute atomic E-state index is 12.1. The van der Waals surface area contributed by atoms with E-state index in [1.165, 1.54) is 25.3 Å². The largest absolute Gasteiger partial charge is 0.494 e. The summed E-state index contributed by atoms with van der Waals surface area (Å²) in [4.78, 5) is 26.4. The van der Waals surface area contributed by atoms with Crippen LogP contribution in [0.5, 0.6) is 5.75 Å². The minimum absolute atomic E-state index is 0.00874. The first-order chi connectivity index (χ1) is 13.1. The Kier molecular flexibility index (Phi) is 5.61. The first kappa shape index (κ1) is 18.3. The third kappa shape index (κ3) is 4.58. The third-order valence-corrected chi connectivity index (χ3v) is 4.13. The number of nitrogens with zero attached hydrogens (tertiary/aromatic N) is 4. The number of carbonyl (C=O) groups is 1. The number of benzene rings is 1. The summed E-state index contributed by atoms with van der Waals surface area (Å²) in [5.41, 5.74) is 0.875. The number of thioether (sulfide) groups is 1. The van der Waals surface area contributed by atoms with Gasteiger partial charge in [0.15, 0.2) is 0 Å². The Morgan fingerprint density at radius 3 is 2.93 bits per heavy atom. The Hall–Kier alpha value is -3.47. The fraction of sp³-hybridized carbons (Fsp3) is 0.125. The highest BCUT2D eigenvalue weighted by molar-refractivity contribution is 7.99. The van der Waals surface area contributed by atoms with Crippen molar-refractivity contribution in [1.29, 1.82) is 0 Å². The number of non-ortho nitro benzene ring substituents is 1. The minimum atomic E-state index is -0.542. The number of amides is 1. The molecule has 0 saturated carbocycles. The van der Waals surface area contributed by atoms with Gasteiger partial charge in [0.05, 0.1) is 35.1 Å². The van der Waals surface area contributed by atoms with E-state index in [1.54, 1.807) is 24.5 Å². The van der Waals surface area contributed by atoms with Crippen molar-refractivity contribution >= 4 is 29.0 Å². The van der Waals surface area contributed by atoms with Gasteiger partial charge in [0, 0.05) is 18.5 Å². The lowest BCUT2D eigenvalue weighted by molar-refractivity contribution is -0.384. The quantitative estimate of drug-likeness (QED) is 0.369. The molecule has 0 aliphatic rings. The van der Waals surface area contributed by atoms with E-state index in [2.05, 4.69) is 20.5 Å². The number of nitro benzene ring substituents is 1. The number of methoxy groups -OCH3 is 1. The summed E-state index contributed by atoms with van der Waals surface area (Å²) < 4.78 is 10.6. The van der Waals surface area contributed by atoms with Crippen molar-refractivity contribution in [2.24, 2.45) is 0 Å². The van der Waals surface area contributed by atoms with Crippen LogP contribution in [0.4, 0.5) is 11.4 Å². The molecule has 2 heterocycles. The number of ether oxygens (including phenoxy) is 1. The summed E-state index contributed by atoms with van der Waals surface area (Å²) in [6.07, 6.45) is 3.22. The minimum Gasteiger partial charge on any atom is -0.494 e. The first-order valence-electron chi connectivity index (χ1n) is 7.56. The molecule has 11 heteroatoms. The van der Waals surface area contributed by atoms with Gasteiger partial charge in [0.1, 0.15) is 5.75 Å². The zero-order chi connectivity index (χ0) is 19.2. The maximum Gasteiger partial charge on any atom is 0.277 e. The Bertz CT molecular complexity index is 963. The lowest BCUT2D eigenvalue weighted by Crippen LogP contribution is -2.14. The van der Waals surface area contributed by atoms with Crippen molar-refractivity contribution in [2.45, 2.75) is 5.22 Å². The smallest absolute Gasteiger partial charge is 0.277 e. The van der Waals surface area contributed by atoms with Crippen molar-refractivity contribution < 1.29 is 18.9 Å². The molecule has 27 heavy (non-hydrogen) atoms. The standard InChI is InChI=1S/C16H13N5O5S/c1-25-13-7-11(21(23)24)4-5-12(13)18-14(22)9-27-16-20-19-15(26-16)10-3-2-6-17-8-10/h2-8H,9H2,1H3,(H,18,22). The number of carbonyl (C=O) groups excluding carboxylic acids is 1. The molecule has 138 valence electrons. The van der Waals surface area contributed by atoms with Crippen LogP contribution in [0.2, 0.25) is 0 Å². The van der Waals surface area contributed by atoms with Crippen LogP contribution in [0.15, 0.2) is 52.4 Å². The molecule has 0 spiro atoms. The van der Waals surface area contributed by atoms with Crippen LogP contribution in [0, 0.1) is 10.1 Å². The third-order valence-electron chi connectivity index (χ3n) is 3.31. The fourth-order valence-electron chi connectivity index (χ4n) is 2.08.